The summed E-state index contributed by atoms with van der Waals surface area (Å²) in [5.41, 5.74) is 6.92. The Bertz CT molecular complexity index is 724. The molecule has 22 heavy (non-hydrogen) atoms. The van der Waals surface area contributed by atoms with Gasteiger partial charge in [-0.15, -0.1) is 0 Å². The predicted octanol–water partition coefficient (Wildman–Crippen LogP) is 3.60. The number of hydrogen-bond donors (Lipinski definition) is 1. The zero-order valence-corrected chi connectivity index (χ0v) is 13.3. The summed E-state index contributed by atoms with van der Waals surface area (Å²) in [5, 5.41) is 2.96. The second kappa shape index (κ2) is 5.79. The molecule has 2 aromatic rings. The highest BCUT2D eigenvalue weighted by Gasteiger charge is 2.22. The van der Waals surface area contributed by atoms with Gasteiger partial charge in [-0.1, -0.05) is 17.7 Å². The van der Waals surface area contributed by atoms with Crippen LogP contribution in [0, 0.1) is 20.8 Å². The van der Waals surface area contributed by atoms with Gasteiger partial charge in [-0.25, -0.2) is 4.79 Å². The van der Waals surface area contributed by atoms with Crippen molar-refractivity contribution < 1.29 is 4.79 Å². The number of urea groups is 1. The van der Waals surface area contributed by atoms with Gasteiger partial charge in [-0.2, -0.15) is 0 Å². The Balaban J connectivity index is 1.75. The minimum atomic E-state index is -0.0452. The summed E-state index contributed by atoms with van der Waals surface area (Å²) in [6, 6.07) is 8.08. The predicted molar refractivity (Wildman–Crippen MR) is 88.0 cm³/mol. The maximum atomic E-state index is 12.5. The normalized spacial score (nSPS) is 13.7. The number of nitrogens with zero attached hydrogens (tertiary/aromatic N) is 2. The first-order valence-electron chi connectivity index (χ1n) is 7.60. The summed E-state index contributed by atoms with van der Waals surface area (Å²) < 4.78 is 0. The summed E-state index contributed by atoms with van der Waals surface area (Å²) in [5.74, 6) is 0. The molecule has 0 saturated carbocycles. The molecule has 0 atom stereocenters. The third kappa shape index (κ3) is 2.96. The van der Waals surface area contributed by atoms with E-state index in [4.69, 9.17) is 0 Å². The van der Waals surface area contributed by atoms with E-state index >= 15 is 0 Å². The average molecular weight is 295 g/mol. The van der Waals surface area contributed by atoms with E-state index in [0.717, 1.165) is 24.3 Å². The van der Waals surface area contributed by atoms with Gasteiger partial charge in [0.1, 0.15) is 0 Å². The van der Waals surface area contributed by atoms with Crippen molar-refractivity contribution in [3.63, 3.8) is 0 Å². The van der Waals surface area contributed by atoms with Crippen molar-refractivity contribution in [1.29, 1.82) is 0 Å². The van der Waals surface area contributed by atoms with Crippen molar-refractivity contribution in [2.24, 2.45) is 0 Å². The van der Waals surface area contributed by atoms with Crippen molar-refractivity contribution >= 4 is 11.7 Å². The minimum Gasteiger partial charge on any atom is -0.320 e. The summed E-state index contributed by atoms with van der Waals surface area (Å²) in [7, 11) is 0. The Labute approximate surface area is 131 Å². The van der Waals surface area contributed by atoms with Crippen molar-refractivity contribution in [3.05, 3.63) is 58.4 Å². The number of aromatic nitrogens is 1. The first kappa shape index (κ1) is 14.6. The smallest absolute Gasteiger partial charge is 0.320 e. The van der Waals surface area contributed by atoms with Crippen LogP contribution in [-0.2, 0) is 13.0 Å². The Kier molecular flexibility index (Phi) is 3.84. The lowest BCUT2D eigenvalue weighted by Crippen LogP contribution is -2.39. The van der Waals surface area contributed by atoms with E-state index in [0.29, 0.717) is 6.54 Å². The Morgan fingerprint density at radius 3 is 2.82 bits per heavy atom. The number of rotatable bonds is 1. The second-order valence-corrected chi connectivity index (χ2v) is 6.01. The number of aryl methyl sites for hydroxylation is 3. The number of nitrogens with one attached hydrogen (secondary N) is 1. The molecule has 2 amide bonds. The summed E-state index contributed by atoms with van der Waals surface area (Å²) in [6.07, 6.45) is 2.63. The topological polar surface area (TPSA) is 45.2 Å². The van der Waals surface area contributed by atoms with Crippen molar-refractivity contribution in [3.8, 4) is 0 Å². The van der Waals surface area contributed by atoms with Gasteiger partial charge in [0.25, 0.3) is 0 Å². The molecule has 0 fully saturated rings. The summed E-state index contributed by atoms with van der Waals surface area (Å²) >= 11 is 0. The number of hydrogen-bond acceptors (Lipinski definition) is 2. The van der Waals surface area contributed by atoms with Crippen LogP contribution in [-0.4, -0.2) is 22.5 Å². The molecule has 114 valence electrons. The van der Waals surface area contributed by atoms with Crippen LogP contribution < -0.4 is 5.32 Å². The molecule has 4 nitrogen and oxygen atoms in total. The van der Waals surface area contributed by atoms with Crippen LogP contribution in [0.5, 0.6) is 0 Å². The van der Waals surface area contributed by atoms with Crippen molar-refractivity contribution in [2.45, 2.75) is 33.7 Å². The monoisotopic (exact) mass is 295 g/mol. The van der Waals surface area contributed by atoms with E-state index in [-0.39, 0.29) is 6.03 Å². The third-order valence-corrected chi connectivity index (χ3v) is 4.14. The molecule has 0 bridgehead atoms. The maximum absolute atomic E-state index is 12.5. The van der Waals surface area contributed by atoms with Gasteiger partial charge >= 0.3 is 6.03 Å². The van der Waals surface area contributed by atoms with Crippen LogP contribution in [0.2, 0.25) is 0 Å². The fraction of sp³-hybridized carbons (Fsp3) is 0.333. The molecule has 4 heteroatoms. The van der Waals surface area contributed by atoms with Crippen molar-refractivity contribution in [2.75, 3.05) is 11.9 Å². The van der Waals surface area contributed by atoms with Gasteiger partial charge in [0.2, 0.25) is 0 Å². The van der Waals surface area contributed by atoms with Gasteiger partial charge in [-0.05, 0) is 56.0 Å². The van der Waals surface area contributed by atoms with E-state index < -0.39 is 0 Å². The molecule has 1 aromatic carbocycles. The highest BCUT2D eigenvalue weighted by atomic mass is 16.2. The third-order valence-electron chi connectivity index (χ3n) is 4.14. The van der Waals surface area contributed by atoms with Crippen LogP contribution in [0.1, 0.15) is 27.9 Å². The van der Waals surface area contributed by atoms with Gasteiger partial charge in [0.15, 0.2) is 0 Å². The lowest BCUT2D eigenvalue weighted by Gasteiger charge is -2.30. The van der Waals surface area contributed by atoms with Crippen LogP contribution in [0.4, 0.5) is 10.5 Å². The van der Waals surface area contributed by atoms with Gasteiger partial charge in [0.05, 0.1) is 0 Å². The second-order valence-electron chi connectivity index (χ2n) is 6.01. The van der Waals surface area contributed by atoms with Gasteiger partial charge in [-0.3, -0.25) is 4.98 Å². The van der Waals surface area contributed by atoms with Crippen LogP contribution in [0.3, 0.4) is 0 Å². The van der Waals surface area contributed by atoms with Crippen LogP contribution >= 0.6 is 0 Å². The van der Waals surface area contributed by atoms with E-state index in [1.165, 1.54) is 22.3 Å². The average Bonchev–Trinajstić information content (AvgIpc) is 2.46. The summed E-state index contributed by atoms with van der Waals surface area (Å²) in [4.78, 5) is 18.5. The molecule has 3 rings (SSSR count). The Morgan fingerprint density at radius 2 is 2.05 bits per heavy atom. The molecule has 0 saturated heterocycles. The number of fused-ring (bicyclic) bond motifs is 1. The molecular formula is C18H21N3O. The maximum Gasteiger partial charge on any atom is 0.322 e. The summed E-state index contributed by atoms with van der Waals surface area (Å²) in [6.45, 7) is 7.60. The molecule has 1 aliphatic rings. The number of carbonyl (C=O) groups excluding carboxylic acids is 1. The molecule has 2 heterocycles. The van der Waals surface area contributed by atoms with E-state index in [1.807, 2.05) is 24.0 Å². The molecule has 1 N–H and O–H groups in total. The number of carbonyl (C=O) groups is 1. The number of pyridine rings is 1. The van der Waals surface area contributed by atoms with E-state index in [9.17, 15) is 4.79 Å². The molecule has 0 radical (unpaired) electrons. The molecular weight excluding hydrogens is 274 g/mol. The zero-order chi connectivity index (χ0) is 15.7. The largest absolute Gasteiger partial charge is 0.322 e. The number of benzene rings is 1. The fourth-order valence-corrected chi connectivity index (χ4v) is 3.06. The van der Waals surface area contributed by atoms with E-state index in [2.05, 4.69) is 36.3 Å². The SMILES string of the molecule is Cc1cc(C)c2c(c1)CCN(C(=O)Nc1ccnc(C)c1)C2. The molecule has 1 aromatic heterocycles. The molecule has 0 spiro atoms. The Morgan fingerprint density at radius 1 is 1.23 bits per heavy atom. The molecule has 0 aliphatic carbocycles. The van der Waals surface area contributed by atoms with Crippen LogP contribution in [0.25, 0.3) is 0 Å². The Hall–Kier alpha value is -2.36. The molecule has 0 unspecified atom stereocenters. The lowest BCUT2D eigenvalue weighted by atomic mass is 9.93. The van der Waals surface area contributed by atoms with Crippen LogP contribution in [0.15, 0.2) is 30.5 Å². The molecule has 1 aliphatic heterocycles. The number of anilines is 1. The highest BCUT2D eigenvalue weighted by molar-refractivity contribution is 5.89. The standard InChI is InChI=1S/C18H21N3O/c1-12-8-13(2)17-11-21(7-5-15(17)9-12)18(22)20-16-4-6-19-14(3)10-16/h4,6,8-10H,5,7,11H2,1-3H3,(H,19,20,22). The van der Waals surface area contributed by atoms with Gasteiger partial charge < -0.3 is 10.2 Å². The minimum absolute atomic E-state index is 0.0452. The fourth-order valence-electron chi connectivity index (χ4n) is 3.06. The number of amides is 2. The highest BCUT2D eigenvalue weighted by Crippen LogP contribution is 2.24. The lowest BCUT2D eigenvalue weighted by molar-refractivity contribution is 0.206. The quantitative estimate of drug-likeness (QED) is 0.873. The van der Waals surface area contributed by atoms with Gasteiger partial charge in [0, 0.05) is 30.7 Å². The first-order chi connectivity index (χ1) is 10.5. The van der Waals surface area contributed by atoms with E-state index in [1.54, 1.807) is 6.20 Å². The zero-order valence-electron chi connectivity index (χ0n) is 13.3. The first-order valence-corrected chi connectivity index (χ1v) is 7.60. The van der Waals surface area contributed by atoms with Crippen molar-refractivity contribution in [1.82, 2.24) is 9.88 Å².